The van der Waals surface area contributed by atoms with Crippen LogP contribution in [-0.4, -0.2) is 38.5 Å². The molecule has 0 amide bonds. The van der Waals surface area contributed by atoms with Crippen molar-refractivity contribution in [1.82, 2.24) is 0 Å². The molecule has 0 radical (unpaired) electrons. The van der Waals surface area contributed by atoms with Crippen LogP contribution in [-0.2, 0) is 19.6 Å². The highest BCUT2D eigenvalue weighted by molar-refractivity contribution is 7.85. The van der Waals surface area contributed by atoms with E-state index in [9.17, 15) is 8.42 Å². The number of unbranched alkanes of at least 4 members (excludes halogenated alkanes) is 8. The highest BCUT2D eigenvalue weighted by Gasteiger charge is 2.02. The highest BCUT2D eigenvalue weighted by Crippen LogP contribution is 2.08. The zero-order chi connectivity index (χ0) is 16.5. The molecule has 0 spiro atoms. The molecule has 0 aromatic heterocycles. The van der Waals surface area contributed by atoms with Crippen LogP contribution in [0.3, 0.4) is 0 Å². The zero-order valence-electron chi connectivity index (χ0n) is 13.7. The second-order valence-corrected chi connectivity index (χ2v) is 6.82. The van der Waals surface area contributed by atoms with E-state index in [4.69, 9.17) is 14.0 Å². The molecule has 0 fully saturated rings. The number of rotatable bonds is 14. The van der Waals surface area contributed by atoms with E-state index < -0.39 is 15.9 Å². The normalized spacial score (nSPS) is 11.0. The molecule has 0 aliphatic heterocycles. The highest BCUT2D eigenvalue weighted by atomic mass is 32.2. The van der Waals surface area contributed by atoms with Crippen LogP contribution in [0.1, 0.15) is 64.7 Å². The molecule has 22 heavy (non-hydrogen) atoms. The predicted octanol–water partition coefficient (Wildman–Crippen LogP) is 3.40. The first-order chi connectivity index (χ1) is 10.6. The van der Waals surface area contributed by atoms with Gasteiger partial charge in [0.2, 0.25) is 0 Å². The second-order valence-electron chi connectivity index (χ2n) is 5.25. The summed E-state index contributed by atoms with van der Waals surface area (Å²) in [7, 11) is -3.94. The Labute approximate surface area is 135 Å². The van der Waals surface area contributed by atoms with Crippen LogP contribution in [0, 0.1) is 12.0 Å². The summed E-state index contributed by atoms with van der Waals surface area (Å²) in [6.45, 7) is 2.76. The van der Waals surface area contributed by atoms with Crippen LogP contribution in [0.2, 0.25) is 0 Å². The lowest BCUT2D eigenvalue weighted by Crippen LogP contribution is -2.12. The van der Waals surface area contributed by atoms with Gasteiger partial charge in [-0.1, -0.05) is 57.8 Å². The summed E-state index contributed by atoms with van der Waals surface area (Å²) in [4.78, 5) is 0. The summed E-state index contributed by atoms with van der Waals surface area (Å²) in [6, 6.07) is 0. The lowest BCUT2D eigenvalue weighted by Gasteiger charge is -2.01. The molecule has 0 heterocycles. The van der Waals surface area contributed by atoms with Crippen LogP contribution < -0.4 is 0 Å². The summed E-state index contributed by atoms with van der Waals surface area (Å²) in [5.41, 5.74) is 0. The first-order valence-electron chi connectivity index (χ1n) is 8.19. The molecule has 5 nitrogen and oxygen atoms in total. The molecular formula is C16H30O5S. The third-order valence-corrected chi connectivity index (χ3v) is 3.80. The van der Waals surface area contributed by atoms with E-state index in [2.05, 4.69) is 19.0 Å². The van der Waals surface area contributed by atoms with Crippen molar-refractivity contribution in [3.05, 3.63) is 0 Å². The van der Waals surface area contributed by atoms with Crippen molar-refractivity contribution in [2.75, 3.05) is 25.6 Å². The van der Waals surface area contributed by atoms with Crippen molar-refractivity contribution in [1.29, 1.82) is 0 Å². The minimum atomic E-state index is -3.94. The van der Waals surface area contributed by atoms with Crippen molar-refractivity contribution in [3.8, 4) is 12.0 Å². The van der Waals surface area contributed by atoms with Crippen molar-refractivity contribution < 1.29 is 22.4 Å². The SMILES string of the molecule is CCCCCCCCCCC#COCCOCCS(=O)(=O)O. The number of ether oxygens (including phenoxy) is 2. The van der Waals surface area contributed by atoms with Crippen LogP contribution in [0.4, 0.5) is 0 Å². The standard InChI is InChI=1S/C16H30O5S/c1-2-3-4-5-6-7-8-9-10-11-12-20-13-14-21-15-16-22(17,18)19/h2-10,13-16H2,1H3,(H,17,18,19). The average Bonchev–Trinajstić information content (AvgIpc) is 2.45. The van der Waals surface area contributed by atoms with E-state index in [1.54, 1.807) is 0 Å². The maximum atomic E-state index is 10.4. The van der Waals surface area contributed by atoms with Gasteiger partial charge in [0.25, 0.3) is 10.1 Å². The van der Waals surface area contributed by atoms with E-state index in [1.807, 2.05) is 0 Å². The molecule has 0 rings (SSSR count). The molecule has 0 aliphatic rings. The Morgan fingerprint density at radius 1 is 0.909 bits per heavy atom. The third-order valence-electron chi connectivity index (χ3n) is 3.12. The first-order valence-corrected chi connectivity index (χ1v) is 9.79. The number of hydrogen-bond donors (Lipinski definition) is 1. The first kappa shape index (κ1) is 21.2. The second kappa shape index (κ2) is 15.1. The molecule has 0 unspecified atom stereocenters. The molecule has 0 saturated heterocycles. The Kier molecular flexibility index (Phi) is 14.6. The van der Waals surface area contributed by atoms with Crippen LogP contribution in [0.25, 0.3) is 0 Å². The number of hydrogen-bond acceptors (Lipinski definition) is 4. The van der Waals surface area contributed by atoms with Gasteiger partial charge in [-0.2, -0.15) is 8.42 Å². The van der Waals surface area contributed by atoms with Gasteiger partial charge < -0.3 is 9.47 Å². The van der Waals surface area contributed by atoms with Crippen molar-refractivity contribution in [2.24, 2.45) is 0 Å². The van der Waals surface area contributed by atoms with Crippen molar-refractivity contribution >= 4 is 10.1 Å². The maximum absolute atomic E-state index is 10.4. The van der Waals surface area contributed by atoms with E-state index in [-0.39, 0.29) is 13.2 Å². The van der Waals surface area contributed by atoms with Crippen molar-refractivity contribution in [3.63, 3.8) is 0 Å². The fourth-order valence-electron chi connectivity index (χ4n) is 1.87. The molecule has 0 atom stereocenters. The monoisotopic (exact) mass is 334 g/mol. The largest absolute Gasteiger partial charge is 0.444 e. The van der Waals surface area contributed by atoms with Crippen LogP contribution in [0.5, 0.6) is 0 Å². The predicted molar refractivity (Wildman–Crippen MR) is 88.2 cm³/mol. The van der Waals surface area contributed by atoms with E-state index >= 15 is 0 Å². The minimum absolute atomic E-state index is 0.0339. The average molecular weight is 334 g/mol. The van der Waals surface area contributed by atoms with Gasteiger partial charge in [-0.05, 0) is 6.42 Å². The van der Waals surface area contributed by atoms with Gasteiger partial charge in [0.1, 0.15) is 12.7 Å². The summed E-state index contributed by atoms with van der Waals surface area (Å²) in [5, 5.41) is 0. The molecule has 0 bridgehead atoms. The lowest BCUT2D eigenvalue weighted by atomic mass is 10.1. The summed E-state index contributed by atoms with van der Waals surface area (Å²) in [6.07, 6.45) is 13.7. The Hall–Kier alpha value is -0.770. The van der Waals surface area contributed by atoms with Gasteiger partial charge in [-0.3, -0.25) is 4.55 Å². The fourth-order valence-corrected chi connectivity index (χ4v) is 2.20. The Bertz CT molecular complexity index is 394. The molecule has 0 aromatic carbocycles. The van der Waals surface area contributed by atoms with Gasteiger partial charge in [-0.15, -0.1) is 0 Å². The lowest BCUT2D eigenvalue weighted by molar-refractivity contribution is 0.100. The van der Waals surface area contributed by atoms with Crippen LogP contribution in [0.15, 0.2) is 0 Å². The van der Waals surface area contributed by atoms with Gasteiger partial charge >= 0.3 is 0 Å². The van der Waals surface area contributed by atoms with E-state index in [1.165, 1.54) is 44.9 Å². The molecule has 130 valence electrons. The van der Waals surface area contributed by atoms with Gasteiger partial charge in [0, 0.05) is 6.42 Å². The van der Waals surface area contributed by atoms with E-state index in [0.717, 1.165) is 12.8 Å². The zero-order valence-corrected chi connectivity index (χ0v) is 14.5. The Morgan fingerprint density at radius 3 is 2.18 bits per heavy atom. The van der Waals surface area contributed by atoms with Gasteiger partial charge in [0.15, 0.2) is 0 Å². The van der Waals surface area contributed by atoms with Crippen molar-refractivity contribution in [2.45, 2.75) is 64.7 Å². The quantitative estimate of drug-likeness (QED) is 0.299. The maximum Gasteiger partial charge on any atom is 0.267 e. The molecular weight excluding hydrogens is 304 g/mol. The van der Waals surface area contributed by atoms with Crippen LogP contribution >= 0.6 is 0 Å². The summed E-state index contributed by atoms with van der Waals surface area (Å²) >= 11 is 0. The summed E-state index contributed by atoms with van der Waals surface area (Å²) < 4.78 is 39.3. The molecule has 0 saturated carbocycles. The van der Waals surface area contributed by atoms with E-state index in [0.29, 0.717) is 6.61 Å². The molecule has 1 N–H and O–H groups in total. The molecule has 0 aliphatic carbocycles. The smallest absolute Gasteiger partial charge is 0.267 e. The van der Waals surface area contributed by atoms with Gasteiger partial charge in [-0.25, -0.2) is 0 Å². The Balaban J connectivity index is 3.19. The Morgan fingerprint density at radius 2 is 1.55 bits per heavy atom. The molecule has 0 aromatic rings. The minimum Gasteiger partial charge on any atom is -0.444 e. The molecule has 6 heteroatoms. The summed E-state index contributed by atoms with van der Waals surface area (Å²) in [5.74, 6) is 2.56. The third kappa shape index (κ3) is 19.2. The fraction of sp³-hybridized carbons (Fsp3) is 0.875. The van der Waals surface area contributed by atoms with Gasteiger partial charge in [0.05, 0.1) is 19.0 Å². The topological polar surface area (TPSA) is 72.8 Å².